The Bertz CT molecular complexity index is 1860. The lowest BCUT2D eigenvalue weighted by atomic mass is 10.0. The number of fused-ring (bicyclic) bond motifs is 1. The fraction of sp³-hybridized carbons (Fsp3) is 0.107. The number of rotatable bonds is 8. The molecule has 0 fully saturated rings. The first-order valence-corrected chi connectivity index (χ1v) is 13.8. The van der Waals surface area contributed by atoms with Crippen LogP contribution in [0, 0.1) is 0 Å². The summed E-state index contributed by atoms with van der Waals surface area (Å²) < 4.78 is 72.5. The molecule has 8 nitrogen and oxygen atoms in total. The van der Waals surface area contributed by atoms with E-state index in [1.54, 1.807) is 36.7 Å². The first kappa shape index (κ1) is 28.1. The topological polar surface area (TPSA) is 111 Å². The van der Waals surface area contributed by atoms with Crippen molar-refractivity contribution in [1.29, 1.82) is 0 Å². The first-order chi connectivity index (χ1) is 19.4. The van der Waals surface area contributed by atoms with E-state index in [9.17, 15) is 31.5 Å². The molecule has 0 aliphatic rings. The zero-order chi connectivity index (χ0) is 29.4. The molecule has 0 saturated carbocycles. The fourth-order valence-electron chi connectivity index (χ4n) is 4.18. The molecule has 1 N–H and O–H groups in total. The summed E-state index contributed by atoms with van der Waals surface area (Å²) in [5, 5.41) is 9.43. The summed E-state index contributed by atoms with van der Waals surface area (Å²) in [6.07, 6.45) is 0.589. The van der Waals surface area contributed by atoms with Gasteiger partial charge in [0.05, 0.1) is 16.0 Å². The quantitative estimate of drug-likeness (QED) is 0.208. The SMILES string of the molecule is O=C(O)CCc1cn(S(=O)(=O)c2ccc(Oc3ncc(C(F)(F)F)cc3Cl)cc2)c2ccc(-c3cccnc3)cc12. The molecule has 5 rings (SSSR count). The molecule has 3 heterocycles. The van der Waals surface area contributed by atoms with Crippen molar-refractivity contribution in [2.75, 3.05) is 0 Å². The Morgan fingerprint density at radius 1 is 1.02 bits per heavy atom. The van der Waals surface area contributed by atoms with E-state index in [0.717, 1.165) is 15.1 Å². The molecule has 13 heteroatoms. The lowest BCUT2D eigenvalue weighted by molar-refractivity contribution is -0.138. The molecule has 0 atom stereocenters. The predicted octanol–water partition coefficient (Wildman–Crippen LogP) is 6.82. The van der Waals surface area contributed by atoms with E-state index in [4.69, 9.17) is 16.3 Å². The Hall–Kier alpha value is -4.42. The second-order valence-corrected chi connectivity index (χ2v) is 11.1. The maximum Gasteiger partial charge on any atom is 0.417 e. The molecule has 41 heavy (non-hydrogen) atoms. The van der Waals surface area contributed by atoms with Crippen molar-refractivity contribution in [1.82, 2.24) is 13.9 Å². The van der Waals surface area contributed by atoms with Crippen LogP contribution < -0.4 is 4.74 Å². The van der Waals surface area contributed by atoms with Gasteiger partial charge in [0.2, 0.25) is 5.88 Å². The van der Waals surface area contributed by atoms with Gasteiger partial charge in [-0.1, -0.05) is 23.7 Å². The summed E-state index contributed by atoms with van der Waals surface area (Å²) in [6.45, 7) is 0. The minimum Gasteiger partial charge on any atom is -0.481 e. The van der Waals surface area contributed by atoms with Crippen LogP contribution in [0.15, 0.2) is 90.3 Å². The van der Waals surface area contributed by atoms with Crippen LogP contribution in [0.5, 0.6) is 11.6 Å². The van der Waals surface area contributed by atoms with Crippen molar-refractivity contribution >= 4 is 38.5 Å². The summed E-state index contributed by atoms with van der Waals surface area (Å²) >= 11 is 5.90. The third kappa shape index (κ3) is 5.88. The summed E-state index contributed by atoms with van der Waals surface area (Å²) in [7, 11) is -4.15. The average molecular weight is 602 g/mol. The highest BCUT2D eigenvalue weighted by atomic mass is 35.5. The number of hydrogen-bond acceptors (Lipinski definition) is 6. The number of hydrogen-bond donors (Lipinski definition) is 1. The fourth-order valence-corrected chi connectivity index (χ4v) is 5.78. The smallest absolute Gasteiger partial charge is 0.417 e. The number of halogens is 4. The van der Waals surface area contributed by atoms with Gasteiger partial charge in [0, 0.05) is 42.2 Å². The van der Waals surface area contributed by atoms with Crippen LogP contribution in [0.1, 0.15) is 17.5 Å². The summed E-state index contributed by atoms with van der Waals surface area (Å²) in [5.41, 5.74) is 1.46. The highest BCUT2D eigenvalue weighted by Gasteiger charge is 2.32. The minimum absolute atomic E-state index is 0.0960. The van der Waals surface area contributed by atoms with Gasteiger partial charge in [-0.05, 0) is 66.1 Å². The number of aryl methyl sites for hydroxylation is 1. The first-order valence-electron chi connectivity index (χ1n) is 12.0. The predicted molar refractivity (Wildman–Crippen MR) is 144 cm³/mol. The Balaban J connectivity index is 1.48. The second-order valence-electron chi connectivity index (χ2n) is 8.90. The highest BCUT2D eigenvalue weighted by molar-refractivity contribution is 7.90. The van der Waals surface area contributed by atoms with Crippen molar-refractivity contribution in [2.24, 2.45) is 0 Å². The molecule has 0 unspecified atom stereocenters. The van der Waals surface area contributed by atoms with Crippen molar-refractivity contribution < 1.29 is 36.2 Å². The number of aliphatic carboxylic acids is 1. The van der Waals surface area contributed by atoms with Crippen LogP contribution >= 0.6 is 11.6 Å². The monoisotopic (exact) mass is 601 g/mol. The lowest BCUT2D eigenvalue weighted by Crippen LogP contribution is -2.11. The van der Waals surface area contributed by atoms with E-state index in [1.807, 2.05) is 6.07 Å². The average Bonchev–Trinajstić information content (AvgIpc) is 3.32. The molecule has 210 valence electrons. The van der Waals surface area contributed by atoms with Gasteiger partial charge in [-0.25, -0.2) is 17.4 Å². The number of aromatic nitrogens is 3. The van der Waals surface area contributed by atoms with E-state index in [1.165, 1.54) is 30.5 Å². The Kier molecular flexibility index (Phi) is 7.45. The van der Waals surface area contributed by atoms with Crippen molar-refractivity contribution in [3.63, 3.8) is 0 Å². The molecule has 0 radical (unpaired) electrons. The summed E-state index contributed by atoms with van der Waals surface area (Å²) in [5.74, 6) is -1.20. The zero-order valence-electron chi connectivity index (χ0n) is 20.8. The van der Waals surface area contributed by atoms with Crippen molar-refractivity contribution in [3.05, 3.63) is 102 Å². The van der Waals surface area contributed by atoms with Gasteiger partial charge in [0.1, 0.15) is 10.8 Å². The minimum atomic E-state index is -4.62. The van der Waals surface area contributed by atoms with Crippen LogP contribution in [0.25, 0.3) is 22.0 Å². The Labute approximate surface area is 236 Å². The second kappa shape index (κ2) is 10.9. The van der Waals surface area contributed by atoms with Gasteiger partial charge in [0.15, 0.2) is 0 Å². The number of pyridine rings is 2. The molecule has 0 aliphatic heterocycles. The van der Waals surface area contributed by atoms with E-state index in [-0.39, 0.29) is 34.4 Å². The number of nitrogens with zero attached hydrogens (tertiary/aromatic N) is 3. The number of carbonyl (C=O) groups is 1. The molecule has 2 aromatic carbocycles. The van der Waals surface area contributed by atoms with E-state index in [0.29, 0.717) is 28.7 Å². The van der Waals surface area contributed by atoms with Crippen molar-refractivity contribution in [2.45, 2.75) is 23.9 Å². The zero-order valence-corrected chi connectivity index (χ0v) is 22.4. The van der Waals surface area contributed by atoms with E-state index >= 15 is 0 Å². The molecule has 0 spiro atoms. The van der Waals surface area contributed by atoms with Gasteiger partial charge in [-0.15, -0.1) is 0 Å². The molecule has 3 aromatic heterocycles. The molecule has 5 aromatic rings. The number of alkyl halides is 3. The van der Waals surface area contributed by atoms with Gasteiger partial charge >= 0.3 is 12.1 Å². The van der Waals surface area contributed by atoms with Crippen LogP contribution in [0.3, 0.4) is 0 Å². The van der Waals surface area contributed by atoms with Crippen LogP contribution in [0.2, 0.25) is 5.02 Å². The lowest BCUT2D eigenvalue weighted by Gasteiger charge is -2.11. The summed E-state index contributed by atoms with van der Waals surface area (Å²) in [6, 6.07) is 14.7. The third-order valence-electron chi connectivity index (χ3n) is 6.19. The number of carboxylic acid groups (broad SMARTS) is 1. The maximum atomic E-state index is 13.7. The van der Waals surface area contributed by atoms with Gasteiger partial charge in [-0.3, -0.25) is 9.78 Å². The van der Waals surface area contributed by atoms with Crippen LogP contribution in [-0.4, -0.2) is 33.4 Å². The molecule has 0 aliphatic carbocycles. The highest BCUT2D eigenvalue weighted by Crippen LogP contribution is 2.35. The molecule has 0 bridgehead atoms. The summed E-state index contributed by atoms with van der Waals surface area (Å²) in [4.78, 5) is 18.9. The van der Waals surface area contributed by atoms with Gasteiger partial charge in [-0.2, -0.15) is 13.2 Å². The Morgan fingerprint density at radius 3 is 2.41 bits per heavy atom. The number of ether oxygens (including phenoxy) is 1. The molecule has 0 saturated heterocycles. The number of benzene rings is 2. The van der Waals surface area contributed by atoms with Crippen LogP contribution in [0.4, 0.5) is 13.2 Å². The Morgan fingerprint density at radius 2 is 1.78 bits per heavy atom. The standard InChI is InChI=1S/C28H19ClF3N3O5S/c29-24-13-20(28(30,31)32)15-34-27(24)40-21-5-7-22(8-6-21)41(38,39)35-16-19(4-10-26(36)37)23-12-17(3-9-25(23)35)18-2-1-11-33-14-18/h1-3,5-9,11-16H,4,10H2,(H,36,37). The normalized spacial score (nSPS) is 12.0. The number of carboxylic acids is 1. The van der Waals surface area contributed by atoms with E-state index in [2.05, 4.69) is 9.97 Å². The molecule has 0 amide bonds. The van der Waals surface area contributed by atoms with Gasteiger partial charge < -0.3 is 9.84 Å². The molecular formula is C28H19ClF3N3O5S. The molecular weight excluding hydrogens is 583 g/mol. The van der Waals surface area contributed by atoms with Gasteiger partial charge in [0.25, 0.3) is 10.0 Å². The maximum absolute atomic E-state index is 13.7. The van der Waals surface area contributed by atoms with Crippen LogP contribution in [-0.2, 0) is 27.4 Å². The van der Waals surface area contributed by atoms with E-state index < -0.39 is 27.7 Å². The largest absolute Gasteiger partial charge is 0.481 e. The third-order valence-corrected chi connectivity index (χ3v) is 8.14. The van der Waals surface area contributed by atoms with Crippen molar-refractivity contribution in [3.8, 4) is 22.8 Å².